The van der Waals surface area contributed by atoms with Gasteiger partial charge in [0.2, 0.25) is 5.91 Å². The van der Waals surface area contributed by atoms with Crippen molar-refractivity contribution in [3.63, 3.8) is 0 Å². The first-order chi connectivity index (χ1) is 10.7. The summed E-state index contributed by atoms with van der Waals surface area (Å²) in [5.74, 6) is 0.544. The largest absolute Gasteiger partial charge is 0.368 e. The summed E-state index contributed by atoms with van der Waals surface area (Å²) in [5.41, 5.74) is 6.70. The van der Waals surface area contributed by atoms with Crippen LogP contribution in [0.1, 0.15) is 37.3 Å². The molecule has 0 unspecified atom stereocenters. The van der Waals surface area contributed by atoms with Gasteiger partial charge in [-0.3, -0.25) is 9.69 Å². The van der Waals surface area contributed by atoms with Gasteiger partial charge in [-0.15, -0.1) is 0 Å². The van der Waals surface area contributed by atoms with Crippen molar-refractivity contribution in [1.82, 2.24) is 9.80 Å². The number of rotatable bonds is 5. The Balaban J connectivity index is 1.57. The SMILES string of the molecule is NC(=O)[C@H](c1ccccc1)N1CCC(CN2CCCC2)CC1. The molecule has 2 heterocycles. The van der Waals surface area contributed by atoms with Crippen LogP contribution in [0.15, 0.2) is 30.3 Å². The van der Waals surface area contributed by atoms with E-state index in [4.69, 9.17) is 5.73 Å². The van der Waals surface area contributed by atoms with Gasteiger partial charge in [-0.05, 0) is 63.3 Å². The summed E-state index contributed by atoms with van der Waals surface area (Å²) in [6, 6.07) is 9.67. The normalized spacial score (nSPS) is 22.7. The summed E-state index contributed by atoms with van der Waals surface area (Å²) in [7, 11) is 0. The number of benzene rings is 1. The van der Waals surface area contributed by atoms with Crippen molar-refractivity contribution in [2.45, 2.75) is 31.7 Å². The molecule has 2 saturated heterocycles. The van der Waals surface area contributed by atoms with Gasteiger partial charge >= 0.3 is 0 Å². The second kappa shape index (κ2) is 7.25. The predicted octanol–water partition coefficient (Wildman–Crippen LogP) is 2.02. The first-order valence-electron chi connectivity index (χ1n) is 8.54. The number of hydrogen-bond donors (Lipinski definition) is 1. The Morgan fingerprint density at radius 3 is 2.32 bits per heavy atom. The maximum absolute atomic E-state index is 11.9. The average molecular weight is 301 g/mol. The molecule has 0 spiro atoms. The zero-order chi connectivity index (χ0) is 15.4. The quantitative estimate of drug-likeness (QED) is 0.905. The molecule has 0 radical (unpaired) electrons. The first-order valence-corrected chi connectivity index (χ1v) is 8.54. The summed E-state index contributed by atoms with van der Waals surface area (Å²) in [4.78, 5) is 16.8. The molecule has 4 heteroatoms. The van der Waals surface area contributed by atoms with Gasteiger partial charge in [-0.2, -0.15) is 0 Å². The molecule has 4 nitrogen and oxygen atoms in total. The Kier molecular flexibility index (Phi) is 5.11. The summed E-state index contributed by atoms with van der Waals surface area (Å²) in [6.07, 6.45) is 5.06. The molecule has 1 aromatic rings. The van der Waals surface area contributed by atoms with E-state index >= 15 is 0 Å². The Morgan fingerprint density at radius 2 is 1.73 bits per heavy atom. The zero-order valence-corrected chi connectivity index (χ0v) is 13.3. The van der Waals surface area contributed by atoms with E-state index in [1.54, 1.807) is 0 Å². The predicted molar refractivity (Wildman–Crippen MR) is 88.3 cm³/mol. The lowest BCUT2D eigenvalue weighted by atomic mass is 9.93. The highest BCUT2D eigenvalue weighted by Gasteiger charge is 2.30. The molecule has 2 aliphatic rings. The molecule has 0 aliphatic carbocycles. The van der Waals surface area contributed by atoms with Crippen molar-refractivity contribution in [2.24, 2.45) is 11.7 Å². The molecule has 3 rings (SSSR count). The van der Waals surface area contributed by atoms with E-state index in [1.165, 1.54) is 45.3 Å². The molecule has 120 valence electrons. The van der Waals surface area contributed by atoms with Crippen molar-refractivity contribution in [1.29, 1.82) is 0 Å². The molecule has 1 atom stereocenters. The minimum absolute atomic E-state index is 0.232. The molecule has 2 N–H and O–H groups in total. The lowest BCUT2D eigenvalue weighted by Crippen LogP contribution is -2.44. The summed E-state index contributed by atoms with van der Waals surface area (Å²) in [6.45, 7) is 5.73. The minimum atomic E-state index is -0.270. The van der Waals surface area contributed by atoms with Crippen LogP contribution in [-0.2, 0) is 4.79 Å². The fourth-order valence-corrected chi connectivity index (χ4v) is 3.91. The molecule has 0 aromatic heterocycles. The molecule has 2 aliphatic heterocycles. The van der Waals surface area contributed by atoms with Crippen LogP contribution in [0.5, 0.6) is 0 Å². The number of carbonyl (C=O) groups excluding carboxylic acids is 1. The highest BCUT2D eigenvalue weighted by atomic mass is 16.1. The minimum Gasteiger partial charge on any atom is -0.368 e. The van der Waals surface area contributed by atoms with Crippen LogP contribution < -0.4 is 5.73 Å². The summed E-state index contributed by atoms with van der Waals surface area (Å²) in [5, 5.41) is 0. The lowest BCUT2D eigenvalue weighted by Gasteiger charge is -2.37. The van der Waals surface area contributed by atoms with Gasteiger partial charge in [-0.25, -0.2) is 0 Å². The van der Waals surface area contributed by atoms with Gasteiger partial charge < -0.3 is 10.6 Å². The smallest absolute Gasteiger partial charge is 0.239 e. The maximum Gasteiger partial charge on any atom is 0.239 e. The van der Waals surface area contributed by atoms with Crippen molar-refractivity contribution in [3.05, 3.63) is 35.9 Å². The fourth-order valence-electron chi connectivity index (χ4n) is 3.91. The van der Waals surface area contributed by atoms with Gasteiger partial charge in [0.05, 0.1) is 0 Å². The summed E-state index contributed by atoms with van der Waals surface area (Å²) < 4.78 is 0. The third-order valence-electron chi connectivity index (χ3n) is 5.11. The van der Waals surface area contributed by atoms with Gasteiger partial charge in [0, 0.05) is 6.54 Å². The number of primary amides is 1. The lowest BCUT2D eigenvalue weighted by molar-refractivity contribution is -0.124. The van der Waals surface area contributed by atoms with Crippen LogP contribution in [0, 0.1) is 5.92 Å². The highest BCUT2D eigenvalue weighted by Crippen LogP contribution is 2.27. The van der Waals surface area contributed by atoms with Crippen molar-refractivity contribution in [2.75, 3.05) is 32.7 Å². The first kappa shape index (κ1) is 15.5. The van der Waals surface area contributed by atoms with Crippen molar-refractivity contribution in [3.8, 4) is 0 Å². The van der Waals surface area contributed by atoms with E-state index in [0.29, 0.717) is 0 Å². The van der Waals surface area contributed by atoms with Crippen LogP contribution in [-0.4, -0.2) is 48.4 Å². The molecule has 1 aromatic carbocycles. The number of likely N-dealkylation sites (tertiary alicyclic amines) is 2. The fraction of sp³-hybridized carbons (Fsp3) is 0.611. The molecule has 0 saturated carbocycles. The van der Waals surface area contributed by atoms with E-state index in [1.807, 2.05) is 30.3 Å². The van der Waals surface area contributed by atoms with Crippen LogP contribution in [0.25, 0.3) is 0 Å². The van der Waals surface area contributed by atoms with E-state index in [0.717, 1.165) is 24.6 Å². The second-order valence-electron chi connectivity index (χ2n) is 6.70. The van der Waals surface area contributed by atoms with Crippen LogP contribution in [0.3, 0.4) is 0 Å². The Bertz CT molecular complexity index is 476. The second-order valence-corrected chi connectivity index (χ2v) is 6.70. The van der Waals surface area contributed by atoms with Gasteiger partial charge in [0.1, 0.15) is 6.04 Å². The van der Waals surface area contributed by atoms with E-state index < -0.39 is 0 Å². The molecule has 2 fully saturated rings. The van der Waals surface area contributed by atoms with Gasteiger partial charge in [0.15, 0.2) is 0 Å². The number of carbonyl (C=O) groups is 1. The Hall–Kier alpha value is -1.39. The van der Waals surface area contributed by atoms with Gasteiger partial charge in [-0.1, -0.05) is 30.3 Å². The standard InChI is InChI=1S/C18H27N3O/c19-18(22)17(16-6-2-1-3-7-16)21-12-8-15(9-13-21)14-20-10-4-5-11-20/h1-3,6-7,15,17H,4-5,8-14H2,(H2,19,22)/t17-/m0/s1. The van der Waals surface area contributed by atoms with Gasteiger partial charge in [0.25, 0.3) is 0 Å². The zero-order valence-electron chi connectivity index (χ0n) is 13.3. The third-order valence-corrected chi connectivity index (χ3v) is 5.11. The highest BCUT2D eigenvalue weighted by molar-refractivity contribution is 5.81. The molecular weight excluding hydrogens is 274 g/mol. The van der Waals surface area contributed by atoms with Crippen molar-refractivity contribution >= 4 is 5.91 Å². The number of piperidine rings is 1. The summed E-state index contributed by atoms with van der Waals surface area (Å²) >= 11 is 0. The van der Waals surface area contributed by atoms with Crippen molar-refractivity contribution < 1.29 is 4.79 Å². The molecule has 22 heavy (non-hydrogen) atoms. The van der Waals surface area contributed by atoms with E-state index in [2.05, 4.69) is 9.80 Å². The van der Waals surface area contributed by atoms with Crippen LogP contribution in [0.4, 0.5) is 0 Å². The molecule has 0 bridgehead atoms. The number of nitrogens with two attached hydrogens (primary N) is 1. The molecule has 1 amide bonds. The Morgan fingerprint density at radius 1 is 1.09 bits per heavy atom. The maximum atomic E-state index is 11.9. The topological polar surface area (TPSA) is 49.6 Å². The monoisotopic (exact) mass is 301 g/mol. The van der Waals surface area contributed by atoms with Crippen LogP contribution >= 0.6 is 0 Å². The number of nitrogens with zero attached hydrogens (tertiary/aromatic N) is 2. The van der Waals surface area contributed by atoms with Crippen LogP contribution in [0.2, 0.25) is 0 Å². The van der Waals surface area contributed by atoms with E-state index in [9.17, 15) is 4.79 Å². The average Bonchev–Trinajstić information content (AvgIpc) is 3.03. The third kappa shape index (κ3) is 3.68. The number of amides is 1. The molecular formula is C18H27N3O. The Labute approximate surface area is 133 Å². The van der Waals surface area contributed by atoms with E-state index in [-0.39, 0.29) is 11.9 Å². The number of hydrogen-bond acceptors (Lipinski definition) is 3.